The minimum absolute atomic E-state index is 0.00446. The van der Waals surface area contributed by atoms with Gasteiger partial charge in [0.1, 0.15) is 0 Å². The minimum atomic E-state index is -0.00446. The number of hydrogen-bond donors (Lipinski definition) is 1. The summed E-state index contributed by atoms with van der Waals surface area (Å²) in [5, 5.41) is 0. The average Bonchev–Trinajstić information content (AvgIpc) is 1.96. The monoisotopic (exact) mass is 200 g/mol. The van der Waals surface area contributed by atoms with Crippen LogP contribution in [-0.2, 0) is 4.74 Å². The van der Waals surface area contributed by atoms with Crippen LogP contribution in [0.5, 0.6) is 0 Å². The molecule has 84 valence electrons. The van der Waals surface area contributed by atoms with Crippen LogP contribution in [0, 0.1) is 0 Å². The van der Waals surface area contributed by atoms with Gasteiger partial charge in [0, 0.05) is 19.1 Å². The van der Waals surface area contributed by atoms with E-state index < -0.39 is 0 Å². The third-order valence-electron chi connectivity index (χ3n) is 2.54. The number of ether oxygens (including phenoxy) is 1. The van der Waals surface area contributed by atoms with Crippen LogP contribution in [0.4, 0.5) is 0 Å². The van der Waals surface area contributed by atoms with Gasteiger partial charge in [-0.3, -0.25) is 4.90 Å². The molecule has 0 aliphatic carbocycles. The molecule has 2 atom stereocenters. The SMILES string of the molecule is CC(N)CCN1CC(C)OC(C)(C)C1. The zero-order valence-corrected chi connectivity index (χ0v) is 9.92. The standard InChI is InChI=1S/C11H24N2O/c1-9(12)5-6-13-7-10(2)14-11(3,4)8-13/h9-10H,5-8,12H2,1-4H3. The molecule has 0 radical (unpaired) electrons. The van der Waals surface area contributed by atoms with Crippen LogP contribution in [0.25, 0.3) is 0 Å². The Morgan fingerprint density at radius 2 is 2.21 bits per heavy atom. The molecule has 0 bridgehead atoms. The van der Waals surface area contributed by atoms with Crippen LogP contribution in [0.2, 0.25) is 0 Å². The van der Waals surface area contributed by atoms with Gasteiger partial charge in [-0.2, -0.15) is 0 Å². The van der Waals surface area contributed by atoms with Gasteiger partial charge in [-0.15, -0.1) is 0 Å². The van der Waals surface area contributed by atoms with Gasteiger partial charge < -0.3 is 10.5 Å². The molecule has 1 heterocycles. The van der Waals surface area contributed by atoms with Gasteiger partial charge >= 0.3 is 0 Å². The van der Waals surface area contributed by atoms with E-state index >= 15 is 0 Å². The third kappa shape index (κ3) is 3.95. The van der Waals surface area contributed by atoms with Crippen LogP contribution in [0.15, 0.2) is 0 Å². The molecule has 0 amide bonds. The number of nitrogens with zero attached hydrogens (tertiary/aromatic N) is 1. The average molecular weight is 200 g/mol. The molecule has 3 nitrogen and oxygen atoms in total. The van der Waals surface area contributed by atoms with Crippen molar-refractivity contribution in [3.8, 4) is 0 Å². The first-order valence-electron chi connectivity index (χ1n) is 5.55. The minimum Gasteiger partial charge on any atom is -0.370 e. The van der Waals surface area contributed by atoms with Crippen molar-refractivity contribution in [2.75, 3.05) is 19.6 Å². The maximum absolute atomic E-state index is 5.84. The molecule has 2 unspecified atom stereocenters. The lowest BCUT2D eigenvalue weighted by Crippen LogP contribution is -2.52. The molecule has 0 aromatic heterocycles. The van der Waals surface area contributed by atoms with Crippen LogP contribution < -0.4 is 5.73 Å². The van der Waals surface area contributed by atoms with Gasteiger partial charge in [0.2, 0.25) is 0 Å². The lowest BCUT2D eigenvalue weighted by molar-refractivity contribution is -0.128. The second kappa shape index (κ2) is 4.60. The van der Waals surface area contributed by atoms with Gasteiger partial charge in [0.25, 0.3) is 0 Å². The van der Waals surface area contributed by atoms with E-state index in [1.165, 1.54) is 0 Å². The molecule has 1 saturated heterocycles. The van der Waals surface area contributed by atoms with E-state index in [1.807, 2.05) is 0 Å². The van der Waals surface area contributed by atoms with Gasteiger partial charge in [0.15, 0.2) is 0 Å². The van der Waals surface area contributed by atoms with E-state index in [4.69, 9.17) is 10.5 Å². The number of morpholine rings is 1. The predicted octanol–water partition coefficient (Wildman–Crippen LogP) is 1.22. The van der Waals surface area contributed by atoms with E-state index in [9.17, 15) is 0 Å². The summed E-state index contributed by atoms with van der Waals surface area (Å²) in [6.07, 6.45) is 1.41. The second-order valence-corrected chi connectivity index (χ2v) is 5.19. The second-order valence-electron chi connectivity index (χ2n) is 5.19. The lowest BCUT2D eigenvalue weighted by Gasteiger charge is -2.42. The maximum Gasteiger partial charge on any atom is 0.0757 e. The molecule has 0 aromatic carbocycles. The summed E-state index contributed by atoms with van der Waals surface area (Å²) in [5.41, 5.74) is 5.75. The molecular formula is C11H24N2O. The van der Waals surface area contributed by atoms with Crippen molar-refractivity contribution in [1.29, 1.82) is 0 Å². The summed E-state index contributed by atoms with van der Waals surface area (Å²) in [4.78, 5) is 2.46. The van der Waals surface area contributed by atoms with Gasteiger partial charge in [-0.25, -0.2) is 0 Å². The first-order valence-corrected chi connectivity index (χ1v) is 5.55. The highest BCUT2D eigenvalue weighted by Crippen LogP contribution is 2.20. The van der Waals surface area contributed by atoms with E-state index in [0.717, 1.165) is 26.1 Å². The number of rotatable bonds is 3. The molecule has 3 heteroatoms. The van der Waals surface area contributed by atoms with Crippen molar-refractivity contribution in [2.24, 2.45) is 5.73 Å². The molecule has 0 aromatic rings. The van der Waals surface area contributed by atoms with Crippen LogP contribution in [0.1, 0.15) is 34.1 Å². The highest BCUT2D eigenvalue weighted by molar-refractivity contribution is 4.82. The predicted molar refractivity (Wildman–Crippen MR) is 59.3 cm³/mol. The topological polar surface area (TPSA) is 38.5 Å². The molecule has 0 saturated carbocycles. The Labute approximate surface area is 87.6 Å². The van der Waals surface area contributed by atoms with Crippen molar-refractivity contribution < 1.29 is 4.74 Å². The largest absolute Gasteiger partial charge is 0.370 e. The van der Waals surface area contributed by atoms with Crippen molar-refractivity contribution >= 4 is 0 Å². The molecule has 14 heavy (non-hydrogen) atoms. The van der Waals surface area contributed by atoms with Gasteiger partial charge in [-0.1, -0.05) is 0 Å². The highest BCUT2D eigenvalue weighted by atomic mass is 16.5. The number of nitrogens with two attached hydrogens (primary N) is 1. The highest BCUT2D eigenvalue weighted by Gasteiger charge is 2.30. The summed E-state index contributed by atoms with van der Waals surface area (Å²) in [7, 11) is 0. The smallest absolute Gasteiger partial charge is 0.0757 e. The van der Waals surface area contributed by atoms with Crippen LogP contribution >= 0.6 is 0 Å². The quantitative estimate of drug-likeness (QED) is 0.744. The fraction of sp³-hybridized carbons (Fsp3) is 1.00. The fourth-order valence-corrected chi connectivity index (χ4v) is 2.14. The van der Waals surface area contributed by atoms with E-state index in [2.05, 4.69) is 32.6 Å². The maximum atomic E-state index is 5.84. The summed E-state index contributed by atoms with van der Waals surface area (Å²) in [5.74, 6) is 0. The van der Waals surface area contributed by atoms with Crippen molar-refractivity contribution in [1.82, 2.24) is 4.90 Å². The molecule has 2 N–H and O–H groups in total. The normalized spacial score (nSPS) is 30.2. The van der Waals surface area contributed by atoms with Crippen LogP contribution in [-0.4, -0.2) is 42.3 Å². The summed E-state index contributed by atoms with van der Waals surface area (Å²) in [6.45, 7) is 11.7. The Hall–Kier alpha value is -0.120. The van der Waals surface area contributed by atoms with E-state index in [0.29, 0.717) is 12.1 Å². The molecule has 1 rings (SSSR count). The van der Waals surface area contributed by atoms with Crippen molar-refractivity contribution in [2.45, 2.75) is 51.9 Å². The van der Waals surface area contributed by atoms with Crippen molar-refractivity contribution in [3.05, 3.63) is 0 Å². The van der Waals surface area contributed by atoms with Gasteiger partial charge in [0.05, 0.1) is 11.7 Å². The third-order valence-corrected chi connectivity index (χ3v) is 2.54. The molecule has 1 aliphatic heterocycles. The zero-order valence-electron chi connectivity index (χ0n) is 9.92. The lowest BCUT2D eigenvalue weighted by atomic mass is 10.0. The first-order chi connectivity index (χ1) is 6.39. The van der Waals surface area contributed by atoms with E-state index in [1.54, 1.807) is 0 Å². The van der Waals surface area contributed by atoms with Crippen LogP contribution in [0.3, 0.4) is 0 Å². The molecular weight excluding hydrogens is 176 g/mol. The first kappa shape index (κ1) is 12.0. The molecule has 1 fully saturated rings. The molecule has 1 aliphatic rings. The fourth-order valence-electron chi connectivity index (χ4n) is 2.14. The Bertz CT molecular complexity index is 180. The zero-order chi connectivity index (χ0) is 10.8. The van der Waals surface area contributed by atoms with E-state index in [-0.39, 0.29) is 5.60 Å². The Balaban J connectivity index is 2.38. The summed E-state index contributed by atoms with van der Waals surface area (Å²) < 4.78 is 5.84. The molecule has 0 spiro atoms. The van der Waals surface area contributed by atoms with Gasteiger partial charge in [-0.05, 0) is 40.7 Å². The summed E-state index contributed by atoms with van der Waals surface area (Å²) in [6, 6.07) is 0.302. The Morgan fingerprint density at radius 3 is 2.71 bits per heavy atom. The number of hydrogen-bond acceptors (Lipinski definition) is 3. The Kier molecular flexibility index (Phi) is 3.93. The summed E-state index contributed by atoms with van der Waals surface area (Å²) >= 11 is 0. The van der Waals surface area contributed by atoms with Crippen molar-refractivity contribution in [3.63, 3.8) is 0 Å². The Morgan fingerprint density at radius 1 is 1.57 bits per heavy atom.